The van der Waals surface area contributed by atoms with Crippen LogP contribution in [-0.2, 0) is 4.74 Å². The maximum Gasteiger partial charge on any atom is 0.202 e. The number of ether oxygens (including phenoxy) is 1. The molecule has 1 aliphatic heterocycles. The van der Waals surface area contributed by atoms with Gasteiger partial charge < -0.3 is 4.74 Å². The van der Waals surface area contributed by atoms with Crippen LogP contribution in [0.5, 0.6) is 0 Å². The van der Waals surface area contributed by atoms with Gasteiger partial charge in [0.25, 0.3) is 0 Å². The van der Waals surface area contributed by atoms with Gasteiger partial charge in [-0.1, -0.05) is 11.6 Å². The smallest absolute Gasteiger partial charge is 0.202 e. The molecule has 2 rings (SSSR count). The Hall–Kier alpha value is -0.380. The first kappa shape index (κ1) is 10.1. The summed E-state index contributed by atoms with van der Waals surface area (Å²) in [6.07, 6.45) is 1.69. The van der Waals surface area contributed by atoms with Gasteiger partial charge in [0.2, 0.25) is 5.78 Å². The van der Waals surface area contributed by atoms with E-state index < -0.39 is 0 Å². The number of Topliss-reactive ketones (excluding diaryl/α,β-unsaturated/α-hetero) is 1. The van der Waals surface area contributed by atoms with Gasteiger partial charge in [0.1, 0.15) is 6.10 Å². The Labute approximate surface area is 91.8 Å². The highest BCUT2D eigenvalue weighted by atomic mass is 35.5. The Morgan fingerprint density at radius 1 is 1.64 bits per heavy atom. The zero-order chi connectivity index (χ0) is 10.1. The molecular formula is C10H11ClO2S. The molecule has 2 nitrogen and oxygen atoms in total. The van der Waals surface area contributed by atoms with E-state index in [2.05, 4.69) is 0 Å². The van der Waals surface area contributed by atoms with Crippen molar-refractivity contribution in [1.29, 1.82) is 0 Å². The summed E-state index contributed by atoms with van der Waals surface area (Å²) in [5.41, 5.74) is 0. The minimum atomic E-state index is -0.277. The minimum Gasteiger partial charge on any atom is -0.367 e. The van der Waals surface area contributed by atoms with Crippen molar-refractivity contribution in [2.45, 2.75) is 32.0 Å². The van der Waals surface area contributed by atoms with Crippen LogP contribution in [0.15, 0.2) is 11.4 Å². The molecule has 1 fully saturated rings. The molecule has 4 heteroatoms. The molecule has 76 valence electrons. The molecule has 0 aromatic carbocycles. The lowest BCUT2D eigenvalue weighted by molar-refractivity contribution is 0.0437. The Morgan fingerprint density at radius 2 is 2.43 bits per heavy atom. The van der Waals surface area contributed by atoms with Crippen LogP contribution in [0.1, 0.15) is 29.4 Å². The first-order valence-corrected chi connectivity index (χ1v) is 5.87. The average Bonchev–Trinajstić information content (AvgIpc) is 2.73. The van der Waals surface area contributed by atoms with Crippen molar-refractivity contribution >= 4 is 28.7 Å². The van der Waals surface area contributed by atoms with Crippen LogP contribution in [0.4, 0.5) is 0 Å². The summed E-state index contributed by atoms with van der Waals surface area (Å²) >= 11 is 7.27. The third-order valence-electron chi connectivity index (χ3n) is 2.37. The van der Waals surface area contributed by atoms with E-state index in [1.165, 1.54) is 11.3 Å². The van der Waals surface area contributed by atoms with E-state index in [9.17, 15) is 4.79 Å². The van der Waals surface area contributed by atoms with Crippen molar-refractivity contribution in [3.05, 3.63) is 21.3 Å². The molecule has 1 saturated heterocycles. The van der Waals surface area contributed by atoms with E-state index in [0.717, 1.165) is 12.8 Å². The summed E-state index contributed by atoms with van der Waals surface area (Å²) in [6.45, 7) is 1.99. The van der Waals surface area contributed by atoms with Gasteiger partial charge in [0.15, 0.2) is 0 Å². The van der Waals surface area contributed by atoms with Gasteiger partial charge in [-0.15, -0.1) is 11.3 Å². The molecule has 2 heterocycles. The molecule has 0 N–H and O–H groups in total. The van der Waals surface area contributed by atoms with Crippen molar-refractivity contribution in [2.75, 3.05) is 0 Å². The molecule has 2 unspecified atom stereocenters. The average molecular weight is 231 g/mol. The fraction of sp³-hybridized carbons (Fsp3) is 0.500. The van der Waals surface area contributed by atoms with Gasteiger partial charge in [-0.25, -0.2) is 0 Å². The number of hydrogen-bond acceptors (Lipinski definition) is 3. The zero-order valence-corrected chi connectivity index (χ0v) is 9.40. The van der Waals surface area contributed by atoms with Crippen LogP contribution in [0.2, 0.25) is 5.02 Å². The molecule has 1 aromatic rings. The van der Waals surface area contributed by atoms with E-state index >= 15 is 0 Å². The minimum absolute atomic E-state index is 0.0364. The summed E-state index contributed by atoms with van der Waals surface area (Å²) in [6, 6.07) is 1.75. The van der Waals surface area contributed by atoms with Gasteiger partial charge in [-0.2, -0.15) is 0 Å². The van der Waals surface area contributed by atoms with Gasteiger partial charge in [-0.3, -0.25) is 4.79 Å². The Balaban J connectivity index is 2.13. The lowest BCUT2D eigenvalue weighted by atomic mass is 10.1. The molecule has 0 bridgehead atoms. The molecule has 0 saturated carbocycles. The zero-order valence-electron chi connectivity index (χ0n) is 7.83. The highest BCUT2D eigenvalue weighted by Gasteiger charge is 2.30. The number of carbonyl (C=O) groups excluding carboxylic acids is 1. The van der Waals surface area contributed by atoms with Gasteiger partial charge in [0, 0.05) is 0 Å². The van der Waals surface area contributed by atoms with Crippen molar-refractivity contribution < 1.29 is 9.53 Å². The number of thiophene rings is 1. The van der Waals surface area contributed by atoms with Gasteiger partial charge >= 0.3 is 0 Å². The van der Waals surface area contributed by atoms with E-state index in [4.69, 9.17) is 16.3 Å². The van der Waals surface area contributed by atoms with Crippen LogP contribution in [0.3, 0.4) is 0 Å². The van der Waals surface area contributed by atoms with Crippen molar-refractivity contribution in [1.82, 2.24) is 0 Å². The predicted molar refractivity (Wildman–Crippen MR) is 57.2 cm³/mol. The Morgan fingerprint density at radius 3 is 2.93 bits per heavy atom. The van der Waals surface area contributed by atoms with E-state index in [0.29, 0.717) is 9.90 Å². The lowest BCUT2D eigenvalue weighted by Crippen LogP contribution is -2.20. The number of hydrogen-bond donors (Lipinski definition) is 0. The summed E-state index contributed by atoms with van der Waals surface area (Å²) in [5.74, 6) is 0.0364. The highest BCUT2D eigenvalue weighted by Crippen LogP contribution is 2.28. The Kier molecular flexibility index (Phi) is 2.91. The van der Waals surface area contributed by atoms with Crippen LogP contribution in [0.25, 0.3) is 0 Å². The Bertz CT molecular complexity index is 348. The van der Waals surface area contributed by atoms with Crippen molar-refractivity contribution in [3.63, 3.8) is 0 Å². The topological polar surface area (TPSA) is 26.3 Å². The van der Waals surface area contributed by atoms with Crippen molar-refractivity contribution in [3.8, 4) is 0 Å². The van der Waals surface area contributed by atoms with E-state index in [1.54, 1.807) is 6.07 Å². The second kappa shape index (κ2) is 4.01. The van der Waals surface area contributed by atoms with E-state index in [-0.39, 0.29) is 18.0 Å². The van der Waals surface area contributed by atoms with Crippen LogP contribution in [-0.4, -0.2) is 18.0 Å². The molecule has 0 aliphatic carbocycles. The first-order valence-electron chi connectivity index (χ1n) is 4.61. The molecule has 0 amide bonds. The summed E-state index contributed by atoms with van der Waals surface area (Å²) in [7, 11) is 0. The number of rotatable bonds is 2. The quantitative estimate of drug-likeness (QED) is 0.730. The summed E-state index contributed by atoms with van der Waals surface area (Å²) < 4.78 is 5.50. The van der Waals surface area contributed by atoms with Crippen LogP contribution < -0.4 is 0 Å². The normalized spacial score (nSPS) is 26.7. The second-order valence-electron chi connectivity index (χ2n) is 3.47. The molecule has 2 atom stereocenters. The fourth-order valence-corrected chi connectivity index (χ4v) is 2.74. The fourth-order valence-electron chi connectivity index (χ4n) is 1.61. The molecule has 0 radical (unpaired) electrons. The predicted octanol–water partition coefficient (Wildman–Crippen LogP) is 3.15. The monoisotopic (exact) mass is 230 g/mol. The molecule has 1 aliphatic rings. The van der Waals surface area contributed by atoms with Crippen LogP contribution >= 0.6 is 22.9 Å². The highest BCUT2D eigenvalue weighted by molar-refractivity contribution is 7.12. The van der Waals surface area contributed by atoms with Gasteiger partial charge in [0.05, 0.1) is 16.0 Å². The molecule has 14 heavy (non-hydrogen) atoms. The van der Waals surface area contributed by atoms with E-state index in [1.807, 2.05) is 12.3 Å². The largest absolute Gasteiger partial charge is 0.367 e. The lowest BCUT2D eigenvalue weighted by Gasteiger charge is -2.08. The third-order valence-corrected chi connectivity index (χ3v) is 3.72. The third kappa shape index (κ3) is 1.85. The SMILES string of the molecule is CC1CCC(C(=O)c2sccc2Cl)O1. The maximum absolute atomic E-state index is 11.9. The number of ketones is 1. The number of carbonyl (C=O) groups is 1. The molecule has 0 spiro atoms. The standard InChI is InChI=1S/C10H11ClO2S/c1-6-2-3-8(13-6)9(12)10-7(11)4-5-14-10/h4-6,8H,2-3H2,1H3. The van der Waals surface area contributed by atoms with Crippen LogP contribution in [0, 0.1) is 0 Å². The van der Waals surface area contributed by atoms with Crippen molar-refractivity contribution in [2.24, 2.45) is 0 Å². The summed E-state index contributed by atoms with van der Waals surface area (Å²) in [5, 5.41) is 2.37. The van der Waals surface area contributed by atoms with Gasteiger partial charge in [-0.05, 0) is 31.2 Å². The molecule has 1 aromatic heterocycles. The molecular weight excluding hydrogens is 220 g/mol. The first-order chi connectivity index (χ1) is 6.68. The second-order valence-corrected chi connectivity index (χ2v) is 4.80. The maximum atomic E-state index is 11.9. The number of halogens is 1. The summed E-state index contributed by atoms with van der Waals surface area (Å²) in [4.78, 5) is 12.5.